The summed E-state index contributed by atoms with van der Waals surface area (Å²) >= 11 is 0. The average molecular weight is 240 g/mol. The maximum absolute atomic E-state index is 8.16. The molecule has 0 bridgehead atoms. The van der Waals surface area contributed by atoms with Crippen LogP contribution in [0.5, 0.6) is 0 Å². The highest BCUT2D eigenvalue weighted by atomic mass is 14.8. The first-order chi connectivity index (χ1) is 8.86. The summed E-state index contributed by atoms with van der Waals surface area (Å²) in [6.45, 7) is 4.00. The van der Waals surface area contributed by atoms with Crippen LogP contribution in [0.25, 0.3) is 9.95 Å². The van der Waals surface area contributed by atoms with Gasteiger partial charge in [0.1, 0.15) is 0 Å². The van der Waals surface area contributed by atoms with E-state index < -0.39 is 0 Å². The van der Waals surface area contributed by atoms with Gasteiger partial charge in [0.15, 0.2) is 9.95 Å². The number of rotatable bonds is 0. The van der Waals surface area contributed by atoms with Gasteiger partial charge in [-0.05, 0) is 0 Å². The zero-order chi connectivity index (χ0) is 13.6. The molecule has 90 valence electrons. The van der Waals surface area contributed by atoms with Gasteiger partial charge in [0.25, 0.3) is 0 Å². The summed E-state index contributed by atoms with van der Waals surface area (Å²) in [7, 11) is 0. The smallest absolute Gasteiger partial charge is 0.0683 e. The van der Waals surface area contributed by atoms with E-state index in [1.54, 1.807) is 24.3 Å². The molecule has 0 saturated heterocycles. The minimum atomic E-state index is 0.590. The molecule has 0 fully saturated rings. The van der Waals surface area contributed by atoms with Crippen molar-refractivity contribution in [3.05, 3.63) is 70.6 Å². The fraction of sp³-hybridized carbons (Fsp3) is 0.143. The molecule has 0 aliphatic rings. The second kappa shape index (κ2) is 10.8. The van der Waals surface area contributed by atoms with Crippen molar-refractivity contribution in [3.8, 4) is 0 Å². The Labute approximate surface area is 107 Å². The Morgan fingerprint density at radius 2 is 0.889 bits per heavy atom. The molecule has 0 aliphatic heterocycles. The van der Waals surface area contributed by atoms with Gasteiger partial charge in [0.2, 0.25) is 10.8 Å². The van der Waals surface area contributed by atoms with Gasteiger partial charge in [-0.1, -0.05) is 50.2 Å². The molecule has 0 aromatic heterocycles. The Hall–Kier alpha value is -2.72. The molecule has 4 heteroatoms. The highest BCUT2D eigenvalue weighted by Crippen LogP contribution is 2.08. The number of nitrogens with zero attached hydrogens (tertiary/aromatic N) is 4. The maximum Gasteiger partial charge on any atom is 0.385 e. The topological polar surface area (TPSA) is 56.3 Å². The van der Waals surface area contributed by atoms with Crippen LogP contribution in [0.2, 0.25) is 0 Å². The first-order valence-corrected chi connectivity index (χ1v) is 5.67. The molecule has 18 heavy (non-hydrogen) atoms. The third-order valence-corrected chi connectivity index (χ3v) is 1.74. The molecular weight excluding hydrogens is 224 g/mol. The van der Waals surface area contributed by atoms with Crippen molar-refractivity contribution in [1.29, 1.82) is 10.8 Å². The van der Waals surface area contributed by atoms with E-state index >= 15 is 0 Å². The Morgan fingerprint density at radius 1 is 0.611 bits per heavy atom. The van der Waals surface area contributed by atoms with Gasteiger partial charge >= 0.3 is 11.4 Å². The predicted octanol–water partition coefficient (Wildman–Crippen LogP) is 5.37. The van der Waals surface area contributed by atoms with Gasteiger partial charge < -0.3 is 0 Å². The van der Waals surface area contributed by atoms with Crippen molar-refractivity contribution in [1.82, 2.24) is 0 Å². The fourth-order valence-electron chi connectivity index (χ4n) is 0.989. The molecule has 2 aromatic rings. The predicted molar refractivity (Wildman–Crippen MR) is 73.7 cm³/mol. The Bertz CT molecular complexity index is 445. The fourth-order valence-corrected chi connectivity index (χ4v) is 0.989. The van der Waals surface area contributed by atoms with E-state index in [-0.39, 0.29) is 0 Å². The van der Waals surface area contributed by atoms with Crippen LogP contribution in [0, 0.1) is 10.8 Å². The number of benzene rings is 2. The van der Waals surface area contributed by atoms with E-state index in [0.29, 0.717) is 11.4 Å². The summed E-state index contributed by atoms with van der Waals surface area (Å²) in [5.41, 5.74) is 1.18. The van der Waals surface area contributed by atoms with Crippen molar-refractivity contribution in [2.75, 3.05) is 0 Å². The monoisotopic (exact) mass is 240 g/mol. The van der Waals surface area contributed by atoms with Crippen LogP contribution < -0.4 is 0 Å². The SMILES string of the molecule is CC.N#[N+]c1ccccc1.N#[N+]c1ccccc1. The van der Waals surface area contributed by atoms with Gasteiger partial charge in [0.05, 0.1) is 0 Å². The Kier molecular flexibility index (Phi) is 9.16. The van der Waals surface area contributed by atoms with Gasteiger partial charge in [-0.15, -0.1) is 0 Å². The molecule has 2 rings (SSSR count). The van der Waals surface area contributed by atoms with Crippen LogP contribution in [0.1, 0.15) is 13.8 Å². The number of hydrogen-bond acceptors (Lipinski definition) is 2. The number of diazo groups is 2. The molecule has 0 atom stereocenters. The lowest BCUT2D eigenvalue weighted by Crippen LogP contribution is -1.54. The normalized spacial score (nSPS) is 7.33. The van der Waals surface area contributed by atoms with E-state index in [0.717, 1.165) is 0 Å². The first-order valence-electron chi connectivity index (χ1n) is 5.67. The summed E-state index contributed by atoms with van der Waals surface area (Å²) in [5.74, 6) is 0. The summed E-state index contributed by atoms with van der Waals surface area (Å²) in [4.78, 5) is 5.94. The lowest BCUT2D eigenvalue weighted by atomic mass is 10.3. The molecule has 0 spiro atoms. The molecule has 0 aliphatic carbocycles. The van der Waals surface area contributed by atoms with Crippen LogP contribution in [-0.2, 0) is 0 Å². The molecule has 0 amide bonds. The van der Waals surface area contributed by atoms with E-state index in [1.165, 1.54) is 0 Å². The highest BCUT2D eigenvalue weighted by molar-refractivity contribution is 5.42. The summed E-state index contributed by atoms with van der Waals surface area (Å²) < 4.78 is 0. The van der Waals surface area contributed by atoms with E-state index in [2.05, 4.69) is 9.95 Å². The van der Waals surface area contributed by atoms with Crippen molar-refractivity contribution in [2.45, 2.75) is 13.8 Å². The molecule has 0 radical (unpaired) electrons. The largest absolute Gasteiger partial charge is 0.385 e. The minimum Gasteiger partial charge on any atom is -0.0683 e. The van der Waals surface area contributed by atoms with E-state index in [9.17, 15) is 0 Å². The minimum absolute atomic E-state index is 0.590. The van der Waals surface area contributed by atoms with Gasteiger partial charge in [-0.25, -0.2) is 0 Å². The first kappa shape index (κ1) is 15.3. The van der Waals surface area contributed by atoms with Crippen molar-refractivity contribution < 1.29 is 0 Å². The van der Waals surface area contributed by atoms with Crippen molar-refractivity contribution in [3.63, 3.8) is 0 Å². The van der Waals surface area contributed by atoms with Crippen LogP contribution in [0.3, 0.4) is 0 Å². The standard InChI is InChI=1S/2C6H5N2.C2H6/c2*7-8-6-4-2-1-3-5-6;1-2/h2*1-5H;1-2H3/q2*+1;. The third kappa shape index (κ3) is 6.71. The van der Waals surface area contributed by atoms with Crippen LogP contribution >= 0.6 is 0 Å². The molecule has 0 heterocycles. The lowest BCUT2D eigenvalue weighted by Gasteiger charge is -1.69. The van der Waals surface area contributed by atoms with Gasteiger partial charge in [-0.2, -0.15) is 0 Å². The van der Waals surface area contributed by atoms with E-state index in [4.69, 9.17) is 10.8 Å². The Balaban J connectivity index is 0.000000283. The van der Waals surface area contributed by atoms with Crippen LogP contribution in [-0.4, -0.2) is 0 Å². The van der Waals surface area contributed by atoms with Gasteiger partial charge in [0, 0.05) is 24.3 Å². The summed E-state index contributed by atoms with van der Waals surface area (Å²) in [6.07, 6.45) is 0. The number of hydrogen-bond donors (Lipinski definition) is 0. The maximum atomic E-state index is 8.16. The molecule has 4 nitrogen and oxygen atoms in total. The Morgan fingerprint density at radius 3 is 1.06 bits per heavy atom. The molecular formula is C14H16N4+2. The molecule has 2 aromatic carbocycles. The summed E-state index contributed by atoms with van der Waals surface area (Å²) in [6, 6.07) is 17.9. The zero-order valence-electron chi connectivity index (χ0n) is 10.6. The van der Waals surface area contributed by atoms with Gasteiger partial charge in [-0.3, -0.25) is 0 Å². The molecule has 0 saturated carbocycles. The zero-order valence-corrected chi connectivity index (χ0v) is 10.6. The second-order valence-electron chi connectivity index (χ2n) is 2.87. The summed E-state index contributed by atoms with van der Waals surface area (Å²) in [5, 5.41) is 16.3. The average Bonchev–Trinajstić information content (AvgIpc) is 2.51. The van der Waals surface area contributed by atoms with Crippen molar-refractivity contribution >= 4 is 11.4 Å². The third-order valence-electron chi connectivity index (χ3n) is 1.74. The molecule has 0 N–H and O–H groups in total. The quantitative estimate of drug-likeness (QED) is 0.581. The van der Waals surface area contributed by atoms with Crippen LogP contribution in [0.4, 0.5) is 11.4 Å². The second-order valence-corrected chi connectivity index (χ2v) is 2.87. The van der Waals surface area contributed by atoms with Crippen molar-refractivity contribution in [2.24, 2.45) is 0 Å². The molecule has 0 unspecified atom stereocenters. The van der Waals surface area contributed by atoms with Crippen LogP contribution in [0.15, 0.2) is 60.7 Å². The highest BCUT2D eigenvalue weighted by Gasteiger charge is 1.96. The van der Waals surface area contributed by atoms with E-state index in [1.807, 2.05) is 50.2 Å². The lowest BCUT2D eigenvalue weighted by molar-refractivity contribution is 1.46.